The molecule has 122 valence electrons. The van der Waals surface area contributed by atoms with E-state index in [0.717, 1.165) is 0 Å². The van der Waals surface area contributed by atoms with Crippen LogP contribution in [-0.2, 0) is 14.3 Å². The van der Waals surface area contributed by atoms with Crippen LogP contribution >= 0.6 is 0 Å². The van der Waals surface area contributed by atoms with Crippen LogP contribution in [0, 0.1) is 5.41 Å². The molecule has 1 aliphatic heterocycles. The van der Waals surface area contributed by atoms with E-state index in [1.54, 1.807) is 4.90 Å². The maximum absolute atomic E-state index is 12.3. The number of hydrogen-bond donors (Lipinski definition) is 0. The number of likely N-dealkylation sites (tertiary alicyclic amines) is 1. The second-order valence-corrected chi connectivity index (χ2v) is 8.03. The van der Waals surface area contributed by atoms with Crippen molar-refractivity contribution in [2.24, 2.45) is 5.41 Å². The third-order valence-corrected chi connectivity index (χ3v) is 3.41. The Bertz CT molecular complexity index is 395. The van der Waals surface area contributed by atoms with E-state index in [-0.39, 0.29) is 12.1 Å². The number of amides is 1. The van der Waals surface area contributed by atoms with Crippen molar-refractivity contribution in [1.29, 1.82) is 0 Å². The lowest BCUT2D eigenvalue weighted by molar-refractivity contribution is -0.169. The highest BCUT2D eigenvalue weighted by Gasteiger charge is 2.41. The second kappa shape index (κ2) is 5.85. The highest BCUT2D eigenvalue weighted by molar-refractivity contribution is 5.77. The van der Waals surface area contributed by atoms with Gasteiger partial charge in [-0.2, -0.15) is 0 Å². The molecule has 1 aliphatic rings. The van der Waals surface area contributed by atoms with Crippen LogP contribution in [-0.4, -0.2) is 41.3 Å². The van der Waals surface area contributed by atoms with Gasteiger partial charge in [-0.1, -0.05) is 0 Å². The first-order chi connectivity index (χ1) is 9.32. The van der Waals surface area contributed by atoms with Gasteiger partial charge in [-0.25, -0.2) is 4.79 Å². The minimum atomic E-state index is -0.522. The second-order valence-electron chi connectivity index (χ2n) is 8.03. The molecule has 1 saturated heterocycles. The highest BCUT2D eigenvalue weighted by Crippen LogP contribution is 2.34. The zero-order valence-electron chi connectivity index (χ0n) is 14.4. The third-order valence-electron chi connectivity index (χ3n) is 3.41. The molecule has 1 rings (SSSR count). The normalized spacial score (nSPS) is 19.1. The molecule has 1 fully saturated rings. The van der Waals surface area contributed by atoms with Crippen molar-refractivity contribution >= 4 is 12.1 Å². The smallest absolute Gasteiger partial charge is 0.410 e. The molecule has 0 unspecified atom stereocenters. The number of carbonyl (C=O) groups is 2. The van der Waals surface area contributed by atoms with Crippen LogP contribution < -0.4 is 0 Å². The summed E-state index contributed by atoms with van der Waals surface area (Å²) in [6.45, 7) is 14.1. The number of rotatable bonds is 1. The van der Waals surface area contributed by atoms with Gasteiger partial charge in [0.15, 0.2) is 0 Å². The molecule has 1 amide bonds. The maximum Gasteiger partial charge on any atom is 0.410 e. The van der Waals surface area contributed by atoms with Crippen molar-refractivity contribution in [1.82, 2.24) is 4.90 Å². The fourth-order valence-corrected chi connectivity index (χ4v) is 2.11. The van der Waals surface area contributed by atoms with Crippen molar-refractivity contribution in [3.63, 3.8) is 0 Å². The van der Waals surface area contributed by atoms with Gasteiger partial charge in [0.05, 0.1) is 5.41 Å². The lowest BCUT2D eigenvalue weighted by atomic mass is 9.80. The lowest BCUT2D eigenvalue weighted by Crippen LogP contribution is -2.48. The summed E-state index contributed by atoms with van der Waals surface area (Å²) in [7, 11) is 0. The van der Waals surface area contributed by atoms with E-state index in [1.165, 1.54) is 0 Å². The van der Waals surface area contributed by atoms with E-state index < -0.39 is 16.6 Å². The summed E-state index contributed by atoms with van der Waals surface area (Å²) in [6, 6.07) is 0. The summed E-state index contributed by atoms with van der Waals surface area (Å²) in [5, 5.41) is 0. The Balaban J connectivity index is 2.58. The predicted octanol–water partition coefficient (Wildman–Crippen LogP) is 3.37. The van der Waals surface area contributed by atoms with Gasteiger partial charge in [0.1, 0.15) is 11.2 Å². The van der Waals surface area contributed by atoms with Gasteiger partial charge in [0.25, 0.3) is 0 Å². The van der Waals surface area contributed by atoms with Crippen molar-refractivity contribution in [3.05, 3.63) is 0 Å². The summed E-state index contributed by atoms with van der Waals surface area (Å²) in [6.07, 6.45) is 0.885. The Morgan fingerprint density at radius 3 is 1.71 bits per heavy atom. The van der Waals surface area contributed by atoms with Crippen LogP contribution in [0.4, 0.5) is 4.79 Å². The SMILES string of the molecule is CC(C)(C)OC(=O)N1CCC(C)(C(=O)OC(C)(C)C)CC1. The zero-order valence-corrected chi connectivity index (χ0v) is 14.4. The maximum atomic E-state index is 12.3. The van der Waals surface area contributed by atoms with E-state index in [2.05, 4.69) is 0 Å². The lowest BCUT2D eigenvalue weighted by Gasteiger charge is -2.39. The predicted molar refractivity (Wildman–Crippen MR) is 81.0 cm³/mol. The van der Waals surface area contributed by atoms with Gasteiger partial charge in [-0.3, -0.25) is 4.79 Å². The minimum Gasteiger partial charge on any atom is -0.460 e. The average molecular weight is 299 g/mol. The Hall–Kier alpha value is -1.26. The van der Waals surface area contributed by atoms with Crippen LogP contribution in [0.25, 0.3) is 0 Å². The van der Waals surface area contributed by atoms with Gasteiger partial charge < -0.3 is 14.4 Å². The van der Waals surface area contributed by atoms with Crippen LogP contribution in [0.3, 0.4) is 0 Å². The Labute approximate surface area is 128 Å². The molecule has 0 aromatic heterocycles. The number of hydrogen-bond acceptors (Lipinski definition) is 4. The molecule has 1 heterocycles. The van der Waals surface area contributed by atoms with E-state index in [1.807, 2.05) is 48.5 Å². The van der Waals surface area contributed by atoms with Gasteiger partial charge >= 0.3 is 12.1 Å². The summed E-state index contributed by atoms with van der Waals surface area (Å²) in [4.78, 5) is 26.0. The first-order valence-corrected chi connectivity index (χ1v) is 7.54. The van der Waals surface area contributed by atoms with E-state index in [0.29, 0.717) is 25.9 Å². The van der Waals surface area contributed by atoms with Crippen LogP contribution in [0.15, 0.2) is 0 Å². The van der Waals surface area contributed by atoms with Crippen molar-refractivity contribution < 1.29 is 19.1 Å². The van der Waals surface area contributed by atoms with Crippen molar-refractivity contribution in [2.75, 3.05) is 13.1 Å². The molecule has 0 N–H and O–H groups in total. The van der Waals surface area contributed by atoms with Gasteiger partial charge in [-0.15, -0.1) is 0 Å². The third kappa shape index (κ3) is 5.56. The molecular formula is C16H29NO4. The van der Waals surface area contributed by atoms with Gasteiger partial charge in [0.2, 0.25) is 0 Å². The van der Waals surface area contributed by atoms with Crippen LogP contribution in [0.5, 0.6) is 0 Å². The fourth-order valence-electron chi connectivity index (χ4n) is 2.11. The summed E-state index contributed by atoms with van der Waals surface area (Å²) in [5.74, 6) is -0.182. The standard InChI is InChI=1S/C16H29NO4/c1-14(2,3)20-12(18)16(7)8-10-17(11-9-16)13(19)21-15(4,5)6/h8-11H2,1-7H3. The Morgan fingerprint density at radius 1 is 0.905 bits per heavy atom. The van der Waals surface area contributed by atoms with Crippen molar-refractivity contribution in [2.45, 2.75) is 72.5 Å². The molecule has 0 atom stereocenters. The summed E-state index contributed by atoms with van der Waals surface area (Å²) < 4.78 is 10.8. The van der Waals surface area contributed by atoms with Gasteiger partial charge in [-0.05, 0) is 61.3 Å². The number of ether oxygens (including phenoxy) is 2. The summed E-state index contributed by atoms with van der Waals surface area (Å²) >= 11 is 0. The Morgan fingerprint density at radius 2 is 1.33 bits per heavy atom. The molecular weight excluding hydrogens is 270 g/mol. The van der Waals surface area contributed by atoms with E-state index >= 15 is 0 Å². The molecule has 0 aromatic rings. The van der Waals surface area contributed by atoms with E-state index in [4.69, 9.17) is 9.47 Å². The highest BCUT2D eigenvalue weighted by atomic mass is 16.6. The fraction of sp³-hybridized carbons (Fsp3) is 0.875. The quantitative estimate of drug-likeness (QED) is 0.697. The molecule has 5 heteroatoms. The van der Waals surface area contributed by atoms with Crippen LogP contribution in [0.1, 0.15) is 61.3 Å². The van der Waals surface area contributed by atoms with E-state index in [9.17, 15) is 9.59 Å². The number of piperidine rings is 1. The molecule has 0 aliphatic carbocycles. The molecule has 0 bridgehead atoms. The molecule has 0 spiro atoms. The number of carbonyl (C=O) groups excluding carboxylic acids is 2. The molecule has 0 saturated carbocycles. The average Bonchev–Trinajstić information content (AvgIpc) is 2.25. The van der Waals surface area contributed by atoms with Crippen LogP contribution in [0.2, 0.25) is 0 Å². The molecule has 0 radical (unpaired) electrons. The molecule has 0 aromatic carbocycles. The number of nitrogens with zero attached hydrogens (tertiary/aromatic N) is 1. The van der Waals surface area contributed by atoms with Crippen molar-refractivity contribution in [3.8, 4) is 0 Å². The van der Waals surface area contributed by atoms with Gasteiger partial charge in [0, 0.05) is 13.1 Å². The number of esters is 1. The molecule has 21 heavy (non-hydrogen) atoms. The monoisotopic (exact) mass is 299 g/mol. The zero-order chi connectivity index (χ0) is 16.5. The largest absolute Gasteiger partial charge is 0.460 e. The minimum absolute atomic E-state index is 0.182. The first-order valence-electron chi connectivity index (χ1n) is 7.54. The Kier molecular flexibility index (Phi) is 4.96. The topological polar surface area (TPSA) is 55.8 Å². The first kappa shape index (κ1) is 17.8. The molecule has 5 nitrogen and oxygen atoms in total. The summed E-state index contributed by atoms with van der Waals surface area (Å²) in [5.41, 5.74) is -1.50.